The first-order valence-electron chi connectivity index (χ1n) is 10.3. The van der Waals surface area contributed by atoms with E-state index in [-0.39, 0.29) is 18.5 Å². The molecule has 148 valence electrons. The van der Waals surface area contributed by atoms with Crippen molar-refractivity contribution in [3.05, 3.63) is 0 Å². The van der Waals surface area contributed by atoms with Crippen molar-refractivity contribution in [1.29, 1.82) is 0 Å². The van der Waals surface area contributed by atoms with Gasteiger partial charge in [-0.3, -0.25) is 9.80 Å². The molecule has 2 saturated carbocycles. The molecule has 4 atom stereocenters. The number of likely N-dealkylation sites (tertiary alicyclic amines) is 1. The van der Waals surface area contributed by atoms with Crippen molar-refractivity contribution in [2.75, 3.05) is 39.3 Å². The lowest BCUT2D eigenvalue weighted by Crippen LogP contribution is -2.65. The average molecular weight is 370 g/mol. The molecule has 2 amide bonds. The molecular formula is C19H32F2N4O. The Hall–Kier alpha value is -0.950. The fraction of sp³-hybridized carbons (Fsp3) is 0.947. The smallest absolute Gasteiger partial charge is 0.317 e. The lowest BCUT2D eigenvalue weighted by molar-refractivity contribution is -0.0971. The molecule has 2 unspecified atom stereocenters. The Morgan fingerprint density at radius 3 is 2.38 bits per heavy atom. The minimum atomic E-state index is -2.82. The highest BCUT2D eigenvalue weighted by Gasteiger charge is 2.52. The Morgan fingerprint density at radius 1 is 1.12 bits per heavy atom. The van der Waals surface area contributed by atoms with Gasteiger partial charge in [-0.2, -0.15) is 0 Å². The van der Waals surface area contributed by atoms with Gasteiger partial charge in [0.05, 0.1) is 0 Å². The van der Waals surface area contributed by atoms with E-state index < -0.39 is 12.0 Å². The van der Waals surface area contributed by atoms with Gasteiger partial charge < -0.3 is 10.2 Å². The number of carbonyl (C=O) groups is 1. The van der Waals surface area contributed by atoms with Crippen molar-refractivity contribution in [1.82, 2.24) is 20.0 Å². The summed E-state index contributed by atoms with van der Waals surface area (Å²) in [5.41, 5.74) is 0. The molecule has 0 spiro atoms. The van der Waals surface area contributed by atoms with Crippen molar-refractivity contribution in [2.24, 2.45) is 11.8 Å². The maximum Gasteiger partial charge on any atom is 0.317 e. The summed E-state index contributed by atoms with van der Waals surface area (Å²) < 4.78 is 29.5. The van der Waals surface area contributed by atoms with Gasteiger partial charge in [0.15, 0.2) is 0 Å². The number of alkyl halides is 2. The van der Waals surface area contributed by atoms with Crippen LogP contribution < -0.4 is 5.32 Å². The maximum atomic E-state index is 14.7. The summed E-state index contributed by atoms with van der Waals surface area (Å²) in [6, 6.07) is -1.11. The number of urea groups is 1. The molecule has 0 bridgehead atoms. The second kappa shape index (κ2) is 6.89. The zero-order chi connectivity index (χ0) is 18.5. The van der Waals surface area contributed by atoms with Crippen LogP contribution in [0.5, 0.6) is 0 Å². The number of carbonyl (C=O) groups excluding carboxylic acids is 1. The van der Waals surface area contributed by atoms with E-state index in [1.54, 1.807) is 4.90 Å². The Morgan fingerprint density at radius 2 is 1.77 bits per heavy atom. The highest BCUT2D eigenvalue weighted by atomic mass is 19.3. The van der Waals surface area contributed by atoms with Gasteiger partial charge in [0.2, 0.25) is 0 Å². The number of amides is 2. The standard InChI is InChI=1S/C19H32F2N4O/c1-13(2)23-6-8-24(9-7-23)16-4-3-5-19(20,21)17(16)22-18(26)25-11-14-10-15(14)12-25/h13-17H,3-12H2,1-2H3,(H,22,26)/t14?,15?,16-,17+/m0/s1. The second-order valence-corrected chi connectivity index (χ2v) is 8.97. The predicted octanol–water partition coefficient (Wildman–Crippen LogP) is 2.23. The van der Waals surface area contributed by atoms with E-state index in [0.717, 1.165) is 45.7 Å². The van der Waals surface area contributed by atoms with Gasteiger partial charge in [-0.1, -0.05) is 0 Å². The van der Waals surface area contributed by atoms with E-state index in [9.17, 15) is 13.6 Å². The number of hydrogen-bond acceptors (Lipinski definition) is 3. The molecule has 2 heterocycles. The number of halogens is 2. The number of nitrogens with one attached hydrogen (secondary N) is 1. The van der Waals surface area contributed by atoms with Crippen LogP contribution in [0.4, 0.5) is 13.6 Å². The van der Waals surface area contributed by atoms with Crippen molar-refractivity contribution in [3.8, 4) is 0 Å². The molecule has 0 aromatic heterocycles. The van der Waals surface area contributed by atoms with Crippen LogP contribution in [0.25, 0.3) is 0 Å². The molecule has 4 aliphatic rings. The van der Waals surface area contributed by atoms with E-state index in [0.29, 0.717) is 24.3 Å². The van der Waals surface area contributed by atoms with Crippen LogP contribution in [0.15, 0.2) is 0 Å². The summed E-state index contributed by atoms with van der Waals surface area (Å²) in [6.07, 6.45) is 2.35. The summed E-state index contributed by atoms with van der Waals surface area (Å²) >= 11 is 0. The van der Waals surface area contributed by atoms with Gasteiger partial charge in [0.1, 0.15) is 6.04 Å². The van der Waals surface area contributed by atoms with Crippen LogP contribution in [0, 0.1) is 11.8 Å². The number of piperazine rings is 1. The van der Waals surface area contributed by atoms with Crippen LogP contribution >= 0.6 is 0 Å². The third-order valence-corrected chi connectivity index (χ3v) is 6.94. The molecule has 7 heteroatoms. The summed E-state index contributed by atoms with van der Waals surface area (Å²) in [5.74, 6) is -1.59. The van der Waals surface area contributed by atoms with Gasteiger partial charge in [0, 0.05) is 57.8 Å². The molecule has 0 aromatic carbocycles. The van der Waals surface area contributed by atoms with Crippen LogP contribution in [0.2, 0.25) is 0 Å². The maximum absolute atomic E-state index is 14.7. The molecule has 2 aliphatic heterocycles. The third-order valence-electron chi connectivity index (χ3n) is 6.94. The average Bonchev–Trinajstić information content (AvgIpc) is 3.22. The monoisotopic (exact) mass is 370 g/mol. The van der Waals surface area contributed by atoms with Crippen molar-refractivity contribution < 1.29 is 13.6 Å². The minimum Gasteiger partial charge on any atom is -0.328 e. The fourth-order valence-corrected chi connectivity index (χ4v) is 5.12. The summed E-state index contributed by atoms with van der Waals surface area (Å²) in [4.78, 5) is 18.9. The predicted molar refractivity (Wildman–Crippen MR) is 96.4 cm³/mol. The lowest BCUT2D eigenvalue weighted by Gasteiger charge is -2.47. The topological polar surface area (TPSA) is 38.8 Å². The summed E-state index contributed by atoms with van der Waals surface area (Å²) in [6.45, 7) is 9.27. The number of hydrogen-bond donors (Lipinski definition) is 1. The Labute approximate surface area is 155 Å². The Balaban J connectivity index is 1.41. The van der Waals surface area contributed by atoms with Crippen LogP contribution in [-0.2, 0) is 0 Å². The molecule has 5 nitrogen and oxygen atoms in total. The fourth-order valence-electron chi connectivity index (χ4n) is 5.12. The van der Waals surface area contributed by atoms with Crippen molar-refractivity contribution in [3.63, 3.8) is 0 Å². The van der Waals surface area contributed by atoms with Crippen molar-refractivity contribution >= 4 is 6.03 Å². The lowest BCUT2D eigenvalue weighted by atomic mass is 9.85. The first kappa shape index (κ1) is 18.4. The SMILES string of the molecule is CC(C)N1CCN([C@H]2CCCC(F)(F)[C@@H]2NC(=O)N2CC3CC3C2)CC1. The highest BCUT2D eigenvalue weighted by Crippen LogP contribution is 2.45. The van der Waals surface area contributed by atoms with Gasteiger partial charge >= 0.3 is 6.03 Å². The Kier molecular flexibility index (Phi) is 4.88. The van der Waals surface area contributed by atoms with Gasteiger partial charge in [-0.05, 0) is 44.9 Å². The quantitative estimate of drug-likeness (QED) is 0.828. The second-order valence-electron chi connectivity index (χ2n) is 8.97. The number of rotatable bonds is 3. The van der Waals surface area contributed by atoms with Gasteiger partial charge in [0.25, 0.3) is 5.92 Å². The summed E-state index contributed by atoms with van der Waals surface area (Å²) in [5, 5.41) is 2.76. The van der Waals surface area contributed by atoms with E-state index in [4.69, 9.17) is 0 Å². The van der Waals surface area contributed by atoms with E-state index >= 15 is 0 Å². The summed E-state index contributed by atoms with van der Waals surface area (Å²) in [7, 11) is 0. The molecule has 0 radical (unpaired) electrons. The Bertz CT molecular complexity index is 526. The van der Waals surface area contributed by atoms with E-state index in [1.807, 2.05) is 0 Å². The number of nitrogens with zero attached hydrogens (tertiary/aromatic N) is 3. The van der Waals surface area contributed by atoms with Crippen LogP contribution in [-0.4, -0.2) is 84.0 Å². The molecule has 0 aromatic rings. The number of fused-ring (bicyclic) bond motifs is 1. The van der Waals surface area contributed by atoms with E-state index in [1.165, 1.54) is 6.42 Å². The molecule has 1 N–H and O–H groups in total. The van der Waals surface area contributed by atoms with Crippen LogP contribution in [0.1, 0.15) is 39.5 Å². The molecule has 26 heavy (non-hydrogen) atoms. The molecule has 2 saturated heterocycles. The zero-order valence-electron chi connectivity index (χ0n) is 16.0. The molecule has 4 fully saturated rings. The molecular weight excluding hydrogens is 338 g/mol. The molecule has 2 aliphatic carbocycles. The van der Waals surface area contributed by atoms with Crippen molar-refractivity contribution in [2.45, 2.75) is 63.6 Å². The minimum absolute atomic E-state index is 0.119. The third kappa shape index (κ3) is 3.57. The van der Waals surface area contributed by atoms with Gasteiger partial charge in [-0.25, -0.2) is 13.6 Å². The highest BCUT2D eigenvalue weighted by molar-refractivity contribution is 5.75. The first-order chi connectivity index (χ1) is 12.3. The zero-order valence-corrected chi connectivity index (χ0v) is 16.0. The molecule has 4 rings (SSSR count). The van der Waals surface area contributed by atoms with E-state index in [2.05, 4.69) is 29.0 Å². The van der Waals surface area contributed by atoms with Gasteiger partial charge in [-0.15, -0.1) is 0 Å². The number of piperidine rings is 1. The van der Waals surface area contributed by atoms with Crippen LogP contribution in [0.3, 0.4) is 0 Å². The largest absolute Gasteiger partial charge is 0.328 e. The first-order valence-corrected chi connectivity index (χ1v) is 10.3. The normalized spacial score (nSPS) is 37.7.